The third-order valence-electron chi connectivity index (χ3n) is 5.32. The van der Waals surface area contributed by atoms with Gasteiger partial charge in [-0.05, 0) is 28.8 Å². The van der Waals surface area contributed by atoms with Gasteiger partial charge in [0, 0.05) is 31.8 Å². The van der Waals surface area contributed by atoms with Crippen molar-refractivity contribution in [3.8, 4) is 17.2 Å². The van der Waals surface area contributed by atoms with Crippen LogP contribution in [0.25, 0.3) is 22.2 Å². The summed E-state index contributed by atoms with van der Waals surface area (Å²) in [4.78, 5) is 30.8. The molecule has 0 saturated carbocycles. The Hall–Kier alpha value is -4.16. The highest BCUT2D eigenvalue weighted by Crippen LogP contribution is 2.24. The summed E-state index contributed by atoms with van der Waals surface area (Å²) in [6.45, 7) is 0. The van der Waals surface area contributed by atoms with E-state index in [0.29, 0.717) is 18.4 Å². The van der Waals surface area contributed by atoms with Crippen molar-refractivity contribution < 1.29 is 9.21 Å². The first-order valence-electron chi connectivity index (χ1n) is 10.1. The van der Waals surface area contributed by atoms with E-state index in [2.05, 4.69) is 21.4 Å². The number of rotatable bonds is 7. The molecule has 1 amide bonds. The fourth-order valence-electron chi connectivity index (χ4n) is 3.51. The molecule has 9 heteroatoms. The average molecular weight is 430 g/mol. The molecule has 4 rings (SSSR count). The van der Waals surface area contributed by atoms with Crippen LogP contribution >= 0.6 is 0 Å². The summed E-state index contributed by atoms with van der Waals surface area (Å²) >= 11 is 0. The number of amides is 1. The van der Waals surface area contributed by atoms with Crippen molar-refractivity contribution in [2.75, 3.05) is 0 Å². The second-order valence-corrected chi connectivity index (χ2v) is 7.59. The predicted octanol–water partition coefficient (Wildman–Crippen LogP) is 1.64. The minimum Gasteiger partial charge on any atom is -0.408 e. The van der Waals surface area contributed by atoms with Gasteiger partial charge in [0.15, 0.2) is 5.58 Å². The Morgan fingerprint density at radius 3 is 2.69 bits per heavy atom. The number of imidazole rings is 1. The van der Waals surface area contributed by atoms with Gasteiger partial charge in [-0.2, -0.15) is 5.26 Å². The Morgan fingerprint density at radius 1 is 1.25 bits per heavy atom. The van der Waals surface area contributed by atoms with Crippen LogP contribution in [0, 0.1) is 11.3 Å². The molecule has 0 unspecified atom stereocenters. The van der Waals surface area contributed by atoms with Crippen molar-refractivity contribution in [3.05, 3.63) is 76.8 Å². The van der Waals surface area contributed by atoms with E-state index in [-0.39, 0.29) is 5.91 Å². The van der Waals surface area contributed by atoms with Gasteiger partial charge >= 0.3 is 5.76 Å². The number of aryl methyl sites for hydroxylation is 1. The van der Waals surface area contributed by atoms with E-state index in [4.69, 9.17) is 10.2 Å². The topological polar surface area (TPSA) is 143 Å². The van der Waals surface area contributed by atoms with E-state index < -0.39 is 17.8 Å². The van der Waals surface area contributed by atoms with Crippen LogP contribution in [0.1, 0.15) is 11.3 Å². The molecule has 0 bridgehead atoms. The molecule has 0 spiro atoms. The van der Waals surface area contributed by atoms with Crippen LogP contribution in [0.15, 0.2) is 64.2 Å². The van der Waals surface area contributed by atoms with Gasteiger partial charge in [0.1, 0.15) is 6.04 Å². The van der Waals surface area contributed by atoms with Crippen molar-refractivity contribution in [2.24, 2.45) is 12.8 Å². The van der Waals surface area contributed by atoms with E-state index in [1.165, 1.54) is 10.9 Å². The lowest BCUT2D eigenvalue weighted by molar-refractivity contribution is -0.122. The number of nitrogens with two attached hydrogens (primary N) is 1. The highest BCUT2D eigenvalue weighted by molar-refractivity contribution is 5.82. The van der Waals surface area contributed by atoms with Crippen LogP contribution in [0.5, 0.6) is 0 Å². The maximum atomic E-state index is 12.4. The SMILES string of the molecule is Cn1c(=O)oc2ccc(-c3ccc(C[C@@H](C#N)NC(=O)[C@H](N)Cc4cnc[nH]4)cc3)cc21. The Bertz CT molecular complexity index is 1330. The summed E-state index contributed by atoms with van der Waals surface area (Å²) in [5, 5.41) is 12.2. The molecule has 2 aromatic heterocycles. The monoisotopic (exact) mass is 430 g/mol. The zero-order chi connectivity index (χ0) is 22.7. The van der Waals surface area contributed by atoms with Gasteiger partial charge in [-0.1, -0.05) is 30.3 Å². The highest BCUT2D eigenvalue weighted by Gasteiger charge is 2.19. The number of aromatic nitrogens is 3. The summed E-state index contributed by atoms with van der Waals surface area (Å²) < 4.78 is 6.63. The number of oxazole rings is 1. The number of aromatic amines is 1. The molecular weight excluding hydrogens is 408 g/mol. The van der Waals surface area contributed by atoms with Crippen molar-refractivity contribution in [2.45, 2.75) is 24.9 Å². The van der Waals surface area contributed by atoms with Crippen LogP contribution in [0.4, 0.5) is 0 Å². The number of carbonyl (C=O) groups excluding carboxylic acids is 1. The number of H-pyrrole nitrogens is 1. The maximum Gasteiger partial charge on any atom is 0.419 e. The molecule has 4 aromatic rings. The van der Waals surface area contributed by atoms with E-state index in [0.717, 1.165) is 27.9 Å². The third kappa shape index (κ3) is 4.45. The number of benzene rings is 2. The van der Waals surface area contributed by atoms with Crippen LogP contribution in [-0.2, 0) is 24.7 Å². The normalized spacial score (nSPS) is 12.9. The molecule has 2 aromatic carbocycles. The molecule has 0 aliphatic heterocycles. The molecule has 4 N–H and O–H groups in total. The van der Waals surface area contributed by atoms with E-state index in [1.807, 2.05) is 36.4 Å². The smallest absolute Gasteiger partial charge is 0.408 e. The zero-order valence-electron chi connectivity index (χ0n) is 17.4. The highest BCUT2D eigenvalue weighted by atomic mass is 16.4. The van der Waals surface area contributed by atoms with E-state index in [9.17, 15) is 14.9 Å². The first-order valence-corrected chi connectivity index (χ1v) is 10.1. The summed E-state index contributed by atoms with van der Waals surface area (Å²) in [5.74, 6) is -0.789. The summed E-state index contributed by atoms with van der Waals surface area (Å²) in [5.41, 5.74) is 10.8. The second-order valence-electron chi connectivity index (χ2n) is 7.59. The molecule has 9 nitrogen and oxygen atoms in total. The Morgan fingerprint density at radius 2 is 2.00 bits per heavy atom. The predicted molar refractivity (Wildman–Crippen MR) is 118 cm³/mol. The number of nitrogens with one attached hydrogen (secondary N) is 2. The minimum absolute atomic E-state index is 0.311. The van der Waals surface area contributed by atoms with Gasteiger partial charge in [-0.3, -0.25) is 9.36 Å². The standard InChI is InChI=1S/C23H22N6O3/c1-29-20-9-16(6-7-21(20)32-23(29)31)15-4-2-14(3-5-15)8-17(11-24)28-22(30)19(25)10-18-12-26-13-27-18/h2-7,9,12-13,17,19H,8,10,25H2,1H3,(H,26,27)(H,28,30)/t17-,19+/m0/s1. The molecular formula is C23H22N6O3. The zero-order valence-corrected chi connectivity index (χ0v) is 17.4. The second kappa shape index (κ2) is 8.91. The molecule has 0 aliphatic carbocycles. The largest absolute Gasteiger partial charge is 0.419 e. The Kier molecular flexibility index (Phi) is 5.87. The number of nitrogens with zero attached hydrogens (tertiary/aromatic N) is 3. The van der Waals surface area contributed by atoms with Gasteiger partial charge in [0.2, 0.25) is 5.91 Å². The average Bonchev–Trinajstić information content (AvgIpc) is 3.41. The number of hydrogen-bond donors (Lipinski definition) is 3. The van der Waals surface area contributed by atoms with Crippen molar-refractivity contribution >= 4 is 17.0 Å². The number of nitriles is 1. The summed E-state index contributed by atoms with van der Waals surface area (Å²) in [6, 6.07) is 13.9. The lowest BCUT2D eigenvalue weighted by Crippen LogP contribution is -2.46. The lowest BCUT2D eigenvalue weighted by Gasteiger charge is -2.16. The van der Waals surface area contributed by atoms with Gasteiger partial charge in [-0.15, -0.1) is 0 Å². The minimum atomic E-state index is -0.775. The number of hydrogen-bond acceptors (Lipinski definition) is 6. The molecule has 0 fully saturated rings. The number of carbonyl (C=O) groups is 1. The molecule has 0 saturated heterocycles. The van der Waals surface area contributed by atoms with E-state index >= 15 is 0 Å². The van der Waals surface area contributed by atoms with Crippen molar-refractivity contribution in [1.82, 2.24) is 19.9 Å². The Balaban J connectivity index is 1.42. The van der Waals surface area contributed by atoms with Gasteiger partial charge in [0.05, 0.1) is 24.0 Å². The molecule has 32 heavy (non-hydrogen) atoms. The molecule has 162 valence electrons. The first-order chi connectivity index (χ1) is 15.4. The van der Waals surface area contributed by atoms with Gasteiger partial charge in [0.25, 0.3) is 0 Å². The molecule has 0 aliphatic rings. The number of fused-ring (bicyclic) bond motifs is 1. The molecule has 2 heterocycles. The first kappa shape index (κ1) is 21.1. The summed E-state index contributed by atoms with van der Waals surface area (Å²) in [7, 11) is 1.66. The fraction of sp³-hybridized carbons (Fsp3) is 0.217. The summed E-state index contributed by atoms with van der Waals surface area (Å²) in [6.07, 6.45) is 3.80. The Labute approximate surface area is 183 Å². The van der Waals surface area contributed by atoms with Crippen molar-refractivity contribution in [1.29, 1.82) is 5.26 Å². The van der Waals surface area contributed by atoms with Gasteiger partial charge < -0.3 is 20.5 Å². The van der Waals surface area contributed by atoms with Crippen molar-refractivity contribution in [3.63, 3.8) is 0 Å². The fourth-order valence-corrected chi connectivity index (χ4v) is 3.51. The third-order valence-corrected chi connectivity index (χ3v) is 5.32. The van der Waals surface area contributed by atoms with Crippen LogP contribution in [0.3, 0.4) is 0 Å². The van der Waals surface area contributed by atoms with Crippen LogP contribution in [0.2, 0.25) is 0 Å². The maximum absolute atomic E-state index is 12.4. The molecule has 2 atom stereocenters. The molecule has 0 radical (unpaired) electrons. The van der Waals surface area contributed by atoms with Crippen LogP contribution in [-0.4, -0.2) is 32.5 Å². The lowest BCUT2D eigenvalue weighted by atomic mass is 10.0. The quantitative estimate of drug-likeness (QED) is 0.407. The van der Waals surface area contributed by atoms with E-state index in [1.54, 1.807) is 19.3 Å². The van der Waals surface area contributed by atoms with Gasteiger partial charge in [-0.25, -0.2) is 9.78 Å². The van der Waals surface area contributed by atoms with Crippen LogP contribution < -0.4 is 16.8 Å².